The fraction of sp³-hybridized carbons (Fsp3) is 0.533. The molecule has 2 aromatic carbocycles. The zero-order valence-corrected chi connectivity index (χ0v) is 21.9. The number of halogens is 1. The average molecular weight is 510 g/mol. The Bertz CT molecular complexity index is 1140. The molecule has 2 aromatic rings. The van der Waals surface area contributed by atoms with Gasteiger partial charge in [-0.25, -0.2) is 0 Å². The van der Waals surface area contributed by atoms with Crippen molar-refractivity contribution in [3.63, 3.8) is 0 Å². The van der Waals surface area contributed by atoms with Crippen molar-refractivity contribution in [2.75, 3.05) is 32.9 Å². The SMILES string of the molecule is COc1ccc2c(c1OCCCCCCCl)[C@@H](C1CCCC1)N1CCc3cc4c(cc3C1=C2)OCO4. The molecule has 36 heavy (non-hydrogen) atoms. The van der Waals surface area contributed by atoms with E-state index in [1.807, 2.05) is 0 Å². The minimum Gasteiger partial charge on any atom is -0.493 e. The first-order valence-corrected chi connectivity index (χ1v) is 14.1. The summed E-state index contributed by atoms with van der Waals surface area (Å²) in [7, 11) is 1.75. The summed E-state index contributed by atoms with van der Waals surface area (Å²) in [5.41, 5.74) is 6.49. The fourth-order valence-electron chi connectivity index (χ4n) is 6.52. The monoisotopic (exact) mass is 509 g/mol. The first-order chi connectivity index (χ1) is 17.8. The number of benzene rings is 2. The van der Waals surface area contributed by atoms with Crippen LogP contribution in [0.2, 0.25) is 0 Å². The highest BCUT2D eigenvalue weighted by Crippen LogP contribution is 2.54. The molecular formula is C30H36ClNO4. The van der Waals surface area contributed by atoms with Gasteiger partial charge in [-0.15, -0.1) is 11.6 Å². The highest BCUT2D eigenvalue weighted by molar-refractivity contribution is 6.17. The maximum absolute atomic E-state index is 6.56. The third-order valence-electron chi connectivity index (χ3n) is 8.26. The maximum Gasteiger partial charge on any atom is 0.231 e. The Hall–Kier alpha value is -2.53. The predicted molar refractivity (Wildman–Crippen MR) is 143 cm³/mol. The van der Waals surface area contributed by atoms with Crippen molar-refractivity contribution in [3.05, 3.63) is 46.5 Å². The van der Waals surface area contributed by atoms with Gasteiger partial charge in [0.25, 0.3) is 0 Å². The van der Waals surface area contributed by atoms with Crippen LogP contribution in [-0.2, 0) is 6.42 Å². The second-order valence-corrected chi connectivity index (χ2v) is 10.8. The number of alkyl halides is 1. The standard InChI is InChI=1S/C30H36ClNO4/c1-33-25-11-10-22-16-24-23-18-27-26(35-19-36-27)17-21(23)12-14-32(24)29(20-8-4-5-9-20)28(22)30(25)34-15-7-3-2-6-13-31/h10-11,16-18,20,29H,2-9,12-15,19H2,1H3/t29-/m1/s1. The van der Waals surface area contributed by atoms with Crippen molar-refractivity contribution in [1.29, 1.82) is 0 Å². The second kappa shape index (κ2) is 10.5. The molecule has 4 aliphatic rings. The molecule has 5 nitrogen and oxygen atoms in total. The van der Waals surface area contributed by atoms with Crippen molar-refractivity contribution in [2.24, 2.45) is 5.92 Å². The molecule has 1 atom stereocenters. The van der Waals surface area contributed by atoms with Gasteiger partial charge in [-0.05, 0) is 73.4 Å². The van der Waals surface area contributed by atoms with Crippen LogP contribution in [0.15, 0.2) is 24.3 Å². The van der Waals surface area contributed by atoms with Gasteiger partial charge in [0.05, 0.1) is 19.8 Å². The van der Waals surface area contributed by atoms with Crippen molar-refractivity contribution >= 4 is 23.4 Å². The molecule has 0 bridgehead atoms. The largest absolute Gasteiger partial charge is 0.493 e. The van der Waals surface area contributed by atoms with Gasteiger partial charge in [0.15, 0.2) is 23.0 Å². The molecule has 0 amide bonds. The summed E-state index contributed by atoms with van der Waals surface area (Å²) in [5.74, 6) is 4.86. The summed E-state index contributed by atoms with van der Waals surface area (Å²) in [5, 5.41) is 0. The minimum atomic E-state index is 0.294. The van der Waals surface area contributed by atoms with Crippen LogP contribution in [0.3, 0.4) is 0 Å². The van der Waals surface area contributed by atoms with Crippen molar-refractivity contribution in [2.45, 2.75) is 63.8 Å². The molecular weight excluding hydrogens is 474 g/mol. The summed E-state index contributed by atoms with van der Waals surface area (Å²) < 4.78 is 23.8. The number of fused-ring (bicyclic) bond motifs is 5. The van der Waals surface area contributed by atoms with E-state index >= 15 is 0 Å². The maximum atomic E-state index is 6.56. The third-order valence-corrected chi connectivity index (χ3v) is 8.53. The smallest absolute Gasteiger partial charge is 0.231 e. The lowest BCUT2D eigenvalue weighted by Gasteiger charge is -2.46. The van der Waals surface area contributed by atoms with E-state index in [0.29, 0.717) is 25.4 Å². The second-order valence-electron chi connectivity index (χ2n) is 10.4. The van der Waals surface area contributed by atoms with Crippen molar-refractivity contribution < 1.29 is 18.9 Å². The highest BCUT2D eigenvalue weighted by atomic mass is 35.5. The molecule has 1 fully saturated rings. The lowest BCUT2D eigenvalue weighted by Crippen LogP contribution is -2.38. The van der Waals surface area contributed by atoms with Gasteiger partial charge in [0.2, 0.25) is 6.79 Å². The molecule has 1 saturated carbocycles. The van der Waals surface area contributed by atoms with E-state index in [9.17, 15) is 0 Å². The number of ether oxygens (including phenoxy) is 4. The molecule has 6 rings (SSSR count). The zero-order valence-electron chi connectivity index (χ0n) is 21.2. The Morgan fingerprint density at radius 1 is 1.03 bits per heavy atom. The Morgan fingerprint density at radius 2 is 1.83 bits per heavy atom. The fourth-order valence-corrected chi connectivity index (χ4v) is 6.71. The predicted octanol–water partition coefficient (Wildman–Crippen LogP) is 7.20. The first-order valence-electron chi connectivity index (χ1n) is 13.6. The Labute approximate surface area is 219 Å². The summed E-state index contributed by atoms with van der Waals surface area (Å²) in [4.78, 5) is 2.65. The van der Waals surface area contributed by atoms with Gasteiger partial charge in [-0.1, -0.05) is 31.7 Å². The summed E-state index contributed by atoms with van der Waals surface area (Å²) in [6.07, 6.45) is 12.9. The molecule has 6 heteroatoms. The lowest BCUT2D eigenvalue weighted by atomic mass is 9.80. The third kappa shape index (κ3) is 4.30. The molecule has 3 aliphatic heterocycles. The van der Waals surface area contributed by atoms with Gasteiger partial charge in [-0.3, -0.25) is 0 Å². The number of nitrogens with zero attached hydrogens (tertiary/aromatic N) is 1. The summed E-state index contributed by atoms with van der Waals surface area (Å²) in [6, 6.07) is 8.96. The molecule has 0 N–H and O–H groups in total. The Kier molecular flexibility index (Phi) is 6.92. The van der Waals surface area contributed by atoms with Crippen LogP contribution in [0.25, 0.3) is 11.8 Å². The topological polar surface area (TPSA) is 40.2 Å². The normalized spacial score (nSPS) is 20.0. The van der Waals surface area contributed by atoms with E-state index in [-0.39, 0.29) is 0 Å². The van der Waals surface area contributed by atoms with Gasteiger partial charge in [0.1, 0.15) is 0 Å². The quantitative estimate of drug-likeness (QED) is 0.264. The van der Waals surface area contributed by atoms with Crippen LogP contribution in [0, 0.1) is 5.92 Å². The molecule has 0 spiro atoms. The van der Waals surface area contributed by atoms with Crippen LogP contribution in [0.5, 0.6) is 23.0 Å². The summed E-state index contributed by atoms with van der Waals surface area (Å²) >= 11 is 5.85. The van der Waals surface area contributed by atoms with E-state index in [4.69, 9.17) is 30.5 Å². The van der Waals surface area contributed by atoms with E-state index in [1.54, 1.807) is 7.11 Å². The summed E-state index contributed by atoms with van der Waals surface area (Å²) in [6.45, 7) is 2.00. The van der Waals surface area contributed by atoms with Gasteiger partial charge in [-0.2, -0.15) is 0 Å². The van der Waals surface area contributed by atoms with Crippen molar-refractivity contribution in [1.82, 2.24) is 4.90 Å². The molecule has 0 aromatic heterocycles. The van der Waals surface area contributed by atoms with Crippen LogP contribution >= 0.6 is 11.6 Å². The lowest BCUT2D eigenvalue weighted by molar-refractivity contribution is 0.174. The van der Waals surface area contributed by atoms with Crippen LogP contribution in [0.4, 0.5) is 0 Å². The minimum absolute atomic E-state index is 0.294. The van der Waals surface area contributed by atoms with Crippen LogP contribution in [0.1, 0.15) is 79.7 Å². The van der Waals surface area contributed by atoms with E-state index in [1.165, 1.54) is 53.6 Å². The van der Waals surface area contributed by atoms with E-state index < -0.39 is 0 Å². The number of rotatable bonds is 9. The highest BCUT2D eigenvalue weighted by Gasteiger charge is 2.41. The number of hydrogen-bond acceptors (Lipinski definition) is 5. The van der Waals surface area contributed by atoms with Crippen LogP contribution < -0.4 is 18.9 Å². The Morgan fingerprint density at radius 3 is 2.64 bits per heavy atom. The van der Waals surface area contributed by atoms with Gasteiger partial charge in [0, 0.05) is 29.2 Å². The molecule has 0 saturated heterocycles. The van der Waals surface area contributed by atoms with Crippen LogP contribution in [-0.4, -0.2) is 37.8 Å². The molecule has 0 radical (unpaired) electrons. The van der Waals surface area contributed by atoms with Crippen molar-refractivity contribution in [3.8, 4) is 23.0 Å². The number of hydrogen-bond donors (Lipinski definition) is 0. The molecule has 192 valence electrons. The number of methoxy groups -OCH3 is 1. The van der Waals surface area contributed by atoms with Gasteiger partial charge < -0.3 is 23.8 Å². The van der Waals surface area contributed by atoms with E-state index in [2.05, 4.69) is 35.2 Å². The molecule has 0 unspecified atom stereocenters. The molecule has 1 aliphatic carbocycles. The molecule has 3 heterocycles. The number of unbranched alkanes of at least 4 members (excludes halogenated alkanes) is 3. The Balaban J connectivity index is 1.40. The average Bonchev–Trinajstić information content (AvgIpc) is 3.60. The van der Waals surface area contributed by atoms with E-state index in [0.717, 1.165) is 67.5 Å². The first kappa shape index (κ1) is 23.8. The van der Waals surface area contributed by atoms with Gasteiger partial charge >= 0.3 is 0 Å². The zero-order chi connectivity index (χ0) is 24.5.